The van der Waals surface area contributed by atoms with Crippen LogP contribution in [0.15, 0.2) is 35.4 Å². The zero-order valence-corrected chi connectivity index (χ0v) is 11.1. The summed E-state index contributed by atoms with van der Waals surface area (Å²) in [5.74, 6) is 0.973. The average Bonchev–Trinajstić information content (AvgIpc) is 2.27. The third kappa shape index (κ3) is 3.77. The SMILES string of the molecule is Nc1nc(Cl)cc(SCc2ccc(Cl)cc2)n1. The Labute approximate surface area is 113 Å². The summed E-state index contributed by atoms with van der Waals surface area (Å²) in [5.41, 5.74) is 6.67. The van der Waals surface area contributed by atoms with E-state index in [1.807, 2.05) is 24.3 Å². The Morgan fingerprint density at radius 1 is 1.12 bits per heavy atom. The monoisotopic (exact) mass is 285 g/mol. The standard InChI is InChI=1S/C11H9Cl2N3S/c12-8-3-1-7(2-4-8)6-17-10-5-9(13)15-11(14)16-10/h1-5H,6H2,(H2,14,15,16). The molecule has 0 amide bonds. The molecule has 6 heteroatoms. The molecule has 2 aromatic rings. The number of thioether (sulfide) groups is 1. The third-order valence-electron chi connectivity index (χ3n) is 1.99. The zero-order chi connectivity index (χ0) is 12.3. The minimum atomic E-state index is 0.191. The molecule has 1 heterocycles. The molecule has 3 nitrogen and oxygen atoms in total. The molecule has 0 radical (unpaired) electrons. The Hall–Kier alpha value is -0.970. The minimum absolute atomic E-state index is 0.191. The highest BCUT2D eigenvalue weighted by Crippen LogP contribution is 2.24. The first-order valence-electron chi connectivity index (χ1n) is 4.81. The van der Waals surface area contributed by atoms with Crippen LogP contribution < -0.4 is 5.73 Å². The zero-order valence-electron chi connectivity index (χ0n) is 8.73. The number of nitrogens with two attached hydrogens (primary N) is 1. The molecule has 0 fully saturated rings. The van der Waals surface area contributed by atoms with Gasteiger partial charge in [-0.2, -0.15) is 0 Å². The van der Waals surface area contributed by atoms with Gasteiger partial charge in [-0.05, 0) is 17.7 Å². The highest BCUT2D eigenvalue weighted by Gasteiger charge is 2.02. The van der Waals surface area contributed by atoms with Crippen LogP contribution >= 0.6 is 35.0 Å². The van der Waals surface area contributed by atoms with Crippen LogP contribution in [-0.2, 0) is 5.75 Å². The maximum absolute atomic E-state index is 5.81. The van der Waals surface area contributed by atoms with Gasteiger partial charge < -0.3 is 5.73 Å². The average molecular weight is 286 g/mol. The van der Waals surface area contributed by atoms with E-state index in [9.17, 15) is 0 Å². The molecule has 2 N–H and O–H groups in total. The number of hydrogen-bond donors (Lipinski definition) is 1. The first-order valence-corrected chi connectivity index (χ1v) is 6.55. The lowest BCUT2D eigenvalue weighted by molar-refractivity contribution is 1.06. The molecule has 0 saturated heterocycles. The number of aromatic nitrogens is 2. The number of nitrogens with zero attached hydrogens (tertiary/aromatic N) is 2. The van der Waals surface area contributed by atoms with E-state index in [4.69, 9.17) is 28.9 Å². The molecule has 2 rings (SSSR count). The van der Waals surface area contributed by atoms with Crippen molar-refractivity contribution in [3.63, 3.8) is 0 Å². The molecular weight excluding hydrogens is 277 g/mol. The first kappa shape index (κ1) is 12.5. The van der Waals surface area contributed by atoms with Crippen molar-refractivity contribution in [1.82, 2.24) is 9.97 Å². The molecule has 0 aliphatic rings. The van der Waals surface area contributed by atoms with Crippen LogP contribution in [0.5, 0.6) is 0 Å². The summed E-state index contributed by atoms with van der Waals surface area (Å²) in [4.78, 5) is 7.89. The lowest BCUT2D eigenvalue weighted by Crippen LogP contribution is -1.95. The number of halogens is 2. The van der Waals surface area contributed by atoms with Gasteiger partial charge in [0.15, 0.2) is 0 Å². The molecule has 88 valence electrons. The van der Waals surface area contributed by atoms with E-state index < -0.39 is 0 Å². The smallest absolute Gasteiger partial charge is 0.222 e. The maximum atomic E-state index is 5.81. The molecule has 17 heavy (non-hydrogen) atoms. The fraction of sp³-hybridized carbons (Fsp3) is 0.0909. The highest BCUT2D eigenvalue weighted by molar-refractivity contribution is 7.98. The largest absolute Gasteiger partial charge is 0.368 e. The molecule has 0 saturated carbocycles. The number of rotatable bonds is 3. The molecular formula is C11H9Cl2N3S. The van der Waals surface area contributed by atoms with Gasteiger partial charge in [0.05, 0.1) is 0 Å². The normalized spacial score (nSPS) is 10.5. The van der Waals surface area contributed by atoms with Crippen molar-refractivity contribution in [2.45, 2.75) is 10.8 Å². The summed E-state index contributed by atoms with van der Waals surface area (Å²) in [6.45, 7) is 0. The fourth-order valence-electron chi connectivity index (χ4n) is 1.23. The summed E-state index contributed by atoms with van der Waals surface area (Å²) in [7, 11) is 0. The van der Waals surface area contributed by atoms with Crippen LogP contribution in [0, 0.1) is 0 Å². The van der Waals surface area contributed by atoms with Gasteiger partial charge >= 0.3 is 0 Å². The molecule has 0 aliphatic carbocycles. The van der Waals surface area contributed by atoms with Gasteiger partial charge in [0.1, 0.15) is 10.2 Å². The maximum Gasteiger partial charge on any atom is 0.222 e. The molecule has 0 unspecified atom stereocenters. The van der Waals surface area contributed by atoms with Gasteiger partial charge in [-0.15, -0.1) is 11.8 Å². The van der Waals surface area contributed by atoms with Crippen molar-refractivity contribution in [2.24, 2.45) is 0 Å². The van der Waals surface area contributed by atoms with Gasteiger partial charge in [-0.25, -0.2) is 9.97 Å². The Morgan fingerprint density at radius 3 is 2.47 bits per heavy atom. The summed E-state index contributed by atoms with van der Waals surface area (Å²) in [5, 5.41) is 1.85. The van der Waals surface area contributed by atoms with Crippen molar-refractivity contribution < 1.29 is 0 Å². The van der Waals surface area contributed by atoms with Crippen LogP contribution in [0.25, 0.3) is 0 Å². The fourth-order valence-corrected chi connectivity index (χ4v) is 2.47. The molecule has 0 atom stereocenters. The van der Waals surface area contributed by atoms with Crippen molar-refractivity contribution in [3.8, 4) is 0 Å². The number of nitrogen functional groups attached to an aromatic ring is 1. The summed E-state index contributed by atoms with van der Waals surface area (Å²) < 4.78 is 0. The van der Waals surface area contributed by atoms with Crippen molar-refractivity contribution in [2.75, 3.05) is 5.73 Å². The van der Waals surface area contributed by atoms with Gasteiger partial charge in [-0.3, -0.25) is 0 Å². The second kappa shape index (κ2) is 5.58. The second-order valence-electron chi connectivity index (χ2n) is 3.30. The van der Waals surface area contributed by atoms with Crippen LogP contribution in [0.4, 0.5) is 5.95 Å². The molecule has 0 bridgehead atoms. The lowest BCUT2D eigenvalue weighted by Gasteiger charge is -2.02. The number of hydrogen-bond acceptors (Lipinski definition) is 4. The highest BCUT2D eigenvalue weighted by atomic mass is 35.5. The van der Waals surface area contributed by atoms with E-state index in [0.717, 1.165) is 21.4 Å². The molecule has 1 aromatic heterocycles. The van der Waals surface area contributed by atoms with Gasteiger partial charge in [0.2, 0.25) is 5.95 Å². The van der Waals surface area contributed by atoms with Gasteiger partial charge in [0, 0.05) is 16.8 Å². The van der Waals surface area contributed by atoms with Crippen LogP contribution in [0.1, 0.15) is 5.56 Å². The molecule has 1 aromatic carbocycles. The van der Waals surface area contributed by atoms with E-state index in [0.29, 0.717) is 5.15 Å². The quantitative estimate of drug-likeness (QED) is 0.691. The van der Waals surface area contributed by atoms with E-state index in [1.54, 1.807) is 17.8 Å². The van der Waals surface area contributed by atoms with E-state index in [2.05, 4.69) is 9.97 Å². The van der Waals surface area contributed by atoms with E-state index >= 15 is 0 Å². The molecule has 0 aliphatic heterocycles. The summed E-state index contributed by atoms with van der Waals surface area (Å²) in [6.07, 6.45) is 0. The Balaban J connectivity index is 2.04. The number of benzene rings is 1. The van der Waals surface area contributed by atoms with Crippen molar-refractivity contribution in [3.05, 3.63) is 46.1 Å². The lowest BCUT2D eigenvalue weighted by atomic mass is 10.2. The predicted octanol–water partition coefficient (Wildman–Crippen LogP) is 3.66. The molecule has 0 spiro atoms. The Morgan fingerprint density at radius 2 is 1.82 bits per heavy atom. The van der Waals surface area contributed by atoms with E-state index in [-0.39, 0.29) is 5.95 Å². The van der Waals surface area contributed by atoms with E-state index in [1.165, 1.54) is 0 Å². The van der Waals surface area contributed by atoms with Crippen LogP contribution in [0.2, 0.25) is 10.2 Å². The first-order chi connectivity index (χ1) is 8.13. The minimum Gasteiger partial charge on any atom is -0.368 e. The van der Waals surface area contributed by atoms with Crippen LogP contribution in [-0.4, -0.2) is 9.97 Å². The van der Waals surface area contributed by atoms with Crippen LogP contribution in [0.3, 0.4) is 0 Å². The third-order valence-corrected chi connectivity index (χ3v) is 3.42. The second-order valence-corrected chi connectivity index (χ2v) is 5.12. The van der Waals surface area contributed by atoms with Gasteiger partial charge in [-0.1, -0.05) is 35.3 Å². The van der Waals surface area contributed by atoms with Gasteiger partial charge in [0.25, 0.3) is 0 Å². The van der Waals surface area contributed by atoms with Crippen molar-refractivity contribution in [1.29, 1.82) is 0 Å². The summed E-state index contributed by atoms with van der Waals surface area (Å²) >= 11 is 13.1. The number of anilines is 1. The topological polar surface area (TPSA) is 51.8 Å². The summed E-state index contributed by atoms with van der Waals surface area (Å²) in [6, 6.07) is 9.36. The Bertz CT molecular complexity index is 496. The van der Waals surface area contributed by atoms with Crippen molar-refractivity contribution >= 4 is 40.9 Å². The Kier molecular flexibility index (Phi) is 4.10. The predicted molar refractivity (Wildman–Crippen MR) is 72.5 cm³/mol.